The first-order chi connectivity index (χ1) is 41.1. The Morgan fingerprint density at radius 1 is 0.656 bits per heavy atom. The van der Waals surface area contributed by atoms with Crippen LogP contribution in [0.4, 0.5) is 0 Å². The fourth-order valence-corrected chi connectivity index (χ4v) is 8.38. The fourth-order valence-electron chi connectivity index (χ4n) is 5.11. The van der Waals surface area contributed by atoms with Crippen LogP contribution >= 0.6 is 89.2 Å². The van der Waals surface area contributed by atoms with Crippen LogP contribution in [0.2, 0.25) is 0 Å². The molecule has 0 saturated carbocycles. The summed E-state index contributed by atoms with van der Waals surface area (Å²) in [7, 11) is -2.83. The third-order valence-corrected chi connectivity index (χ3v) is 15.0. The van der Waals surface area contributed by atoms with Gasteiger partial charge >= 0.3 is 41.5 Å². The number of ether oxygens (including phenoxy) is 1. The molecule has 28 nitrogen and oxygen atoms in total. The van der Waals surface area contributed by atoms with Gasteiger partial charge in [-0.1, -0.05) is 171 Å². The molecule has 0 saturated heterocycles. The molecular weight excluding hydrogens is 1670 g/mol. The van der Waals surface area contributed by atoms with Gasteiger partial charge in [0.25, 0.3) is 10.1 Å². The van der Waals surface area contributed by atoms with Crippen LogP contribution in [0.15, 0.2) is 147 Å². The van der Waals surface area contributed by atoms with Crippen molar-refractivity contribution in [3.63, 3.8) is 0 Å². The molecule has 5 N–H and O–H groups in total. The fraction of sp³-hybridized carbons (Fsp3) is 0.560. The number of nitrogens with zero attached hydrogens (tertiary/aromatic N) is 16. The van der Waals surface area contributed by atoms with Crippen molar-refractivity contribution in [3.8, 4) is 0 Å². The van der Waals surface area contributed by atoms with Crippen LogP contribution in [0.25, 0.3) is 26.4 Å². The van der Waals surface area contributed by atoms with Gasteiger partial charge in [0.2, 0.25) is 5.91 Å². The van der Waals surface area contributed by atoms with Crippen molar-refractivity contribution < 1.29 is 76.3 Å². The van der Waals surface area contributed by atoms with E-state index in [0.29, 0.717) is 43.3 Å². The van der Waals surface area contributed by atoms with Crippen molar-refractivity contribution in [3.05, 3.63) is 117 Å². The molecule has 90 heavy (non-hydrogen) atoms. The third kappa shape index (κ3) is 60.4. The number of Topliss-reactive ketones (excluding diaryl/α,β-unsaturated/α-hetero) is 1. The molecular formula is C50H77I3N18NaO10PS7. The Balaban J connectivity index is -0.000000225. The van der Waals surface area contributed by atoms with Gasteiger partial charge in [0.15, 0.2) is 28.3 Å². The number of carbonyl (C=O) groups is 4. The number of hydrogen-bond acceptors (Lipinski definition) is 26. The van der Waals surface area contributed by atoms with E-state index in [1.807, 2.05) is 102 Å². The third-order valence-electron chi connectivity index (χ3n) is 10.0. The van der Waals surface area contributed by atoms with E-state index in [4.69, 9.17) is 32.5 Å². The molecule has 0 atom stereocenters. The summed E-state index contributed by atoms with van der Waals surface area (Å²) >= 11 is 21.3. The molecule has 0 radical (unpaired) electrons. The summed E-state index contributed by atoms with van der Waals surface area (Å²) < 4.78 is 30.6. The largest absolute Gasteiger partial charge is 1.00 e. The first kappa shape index (κ1) is 98.5. The number of azide groups is 1. The van der Waals surface area contributed by atoms with Crippen molar-refractivity contribution in [2.45, 2.75) is 116 Å². The molecule has 0 spiro atoms. The molecule has 0 fully saturated rings. The Labute approximate surface area is 621 Å². The number of benzene rings is 3. The molecule has 40 heteroatoms. The minimum absolute atomic E-state index is 0. The molecule has 5 aliphatic rings. The smallest absolute Gasteiger partial charge is 0.396 e. The topological polar surface area (TPSA) is 430 Å². The molecule has 5 aliphatic heterocycles. The molecule has 0 aromatic heterocycles. The number of carbonyl (C=O) groups excluding carboxylic acids is 4. The first-order valence-corrected chi connectivity index (χ1v) is 37.0. The molecule has 3 aromatic carbocycles. The van der Waals surface area contributed by atoms with Crippen LogP contribution in [0.5, 0.6) is 0 Å². The number of esters is 2. The van der Waals surface area contributed by atoms with E-state index in [-0.39, 0.29) is 119 Å². The van der Waals surface area contributed by atoms with Gasteiger partial charge in [0, 0.05) is 123 Å². The van der Waals surface area contributed by atoms with Crippen LogP contribution in [0, 0.1) is 0 Å². The van der Waals surface area contributed by atoms with Crippen molar-refractivity contribution in [1.82, 2.24) is 5.32 Å². The summed E-state index contributed by atoms with van der Waals surface area (Å²) in [4.78, 5) is 45.4. The Morgan fingerprint density at radius 3 is 1.23 bits per heavy atom. The van der Waals surface area contributed by atoms with E-state index in [2.05, 4.69) is 211 Å². The summed E-state index contributed by atoms with van der Waals surface area (Å²) in [6.45, 7) is 13.1. The molecule has 3 aromatic rings. The van der Waals surface area contributed by atoms with Gasteiger partial charge in [0.1, 0.15) is 5.78 Å². The van der Waals surface area contributed by atoms with Gasteiger partial charge in [0.05, 0.1) is 26.1 Å². The molecule has 5 heterocycles. The number of rotatable bonds is 22. The number of nitrogens with two attached hydrogens (primary N) is 1. The minimum atomic E-state index is -3.30. The molecule has 8 rings (SSSR count). The number of alkyl halides is 3. The van der Waals surface area contributed by atoms with Crippen molar-refractivity contribution in [2.24, 2.45) is 62.0 Å². The second kappa shape index (κ2) is 57.8. The average Bonchev–Trinajstić information content (AvgIpc) is 3.03. The molecule has 1 amide bonds. The molecule has 0 unspecified atom stereocenters. The van der Waals surface area contributed by atoms with Gasteiger partial charge in [-0.2, -0.15) is 73.1 Å². The van der Waals surface area contributed by atoms with Gasteiger partial charge in [-0.25, -0.2) is 0 Å². The van der Waals surface area contributed by atoms with Crippen LogP contribution in [0.1, 0.15) is 87.5 Å². The second-order valence-electron chi connectivity index (χ2n) is 18.1. The maximum absolute atomic E-state index is 10.7. The van der Waals surface area contributed by atoms with E-state index in [0.717, 1.165) is 34.4 Å². The van der Waals surface area contributed by atoms with Crippen LogP contribution in [-0.2, 0) is 91.8 Å². The molecule has 496 valence electrons. The zero-order valence-corrected chi connectivity index (χ0v) is 65.5. The normalized spacial score (nSPS) is 14.0. The number of ketones is 1. The zero-order valence-electron chi connectivity index (χ0n) is 50.2. The number of hydrogen-bond donors (Lipinski definition) is 4. The maximum atomic E-state index is 10.7. The quantitative estimate of drug-likeness (QED) is 0.00722. The number of amides is 1. The number of halogens is 3. The number of nitrogens with one attached hydrogen (secondary N) is 1. The maximum Gasteiger partial charge on any atom is 1.00 e. The van der Waals surface area contributed by atoms with E-state index in [9.17, 15) is 27.6 Å². The first-order valence-electron chi connectivity index (χ1n) is 25.3. The summed E-state index contributed by atoms with van der Waals surface area (Å²) in [6, 6.07) is 32.3. The number of aliphatic hydroxyl groups is 2. The minimum Gasteiger partial charge on any atom is -0.396 e. The number of aliphatic hydroxyl groups excluding tert-OH is 2. The van der Waals surface area contributed by atoms with Gasteiger partial charge < -0.3 is 37.1 Å². The Bertz CT molecular complexity index is 2720. The summed E-state index contributed by atoms with van der Waals surface area (Å²) in [5.74, 6) is -0.832. The van der Waals surface area contributed by atoms with Gasteiger partial charge in [-0.15, -0.1) is 0 Å². The Morgan fingerprint density at radius 2 is 0.989 bits per heavy atom. The van der Waals surface area contributed by atoms with Gasteiger partial charge in [-0.05, 0) is 77.5 Å². The average molecular weight is 1750 g/mol. The molecule has 0 aliphatic carbocycles. The SMILES string of the molecule is C.CC(=O)CCO.CC1(CCN)N=N1.CC1(CCN=[N+]=[N-])N=N1.CC1(CCNC(=O)CI)N=N1.CC1(CCO)N=N1.CC1(CCOS(C)(=O)=O)N=N1.O=C(CI)OC(=O)CI.S.S=S.S=S=S.[N-]=[N+]=[N-].[Na+].c1ccc(P(c2ccccc2)c2ccccc2)cc1. The molecule has 0 bridgehead atoms. The zero-order chi connectivity index (χ0) is 66.9. The van der Waals surface area contributed by atoms with E-state index in [1.54, 1.807) is 0 Å². The van der Waals surface area contributed by atoms with Crippen molar-refractivity contribution in [1.29, 1.82) is 0 Å². The predicted octanol–water partition coefficient (Wildman–Crippen LogP) is 7.52. The van der Waals surface area contributed by atoms with Crippen LogP contribution < -0.4 is 56.5 Å². The van der Waals surface area contributed by atoms with Crippen LogP contribution in [0.3, 0.4) is 0 Å². The Hall–Kier alpha value is -2.58. The monoisotopic (exact) mass is 1750 g/mol. The predicted molar refractivity (Wildman–Crippen MR) is 393 cm³/mol. The summed E-state index contributed by atoms with van der Waals surface area (Å²) in [5.41, 5.74) is 25.6. The Kier molecular flexibility index (Phi) is 63.3. The van der Waals surface area contributed by atoms with Crippen molar-refractivity contribution in [2.75, 3.05) is 59.0 Å². The summed E-state index contributed by atoms with van der Waals surface area (Å²) in [5, 5.41) is 64.1. The standard InChI is InChI=1S/C18H15P.C6H10IN3O.C5H10N2O3S.C4H4I2O3.C4H7N5.C4H9N3.C4H8N2O.C4H8O2.CH4.N3.Na.S3.S2.H2S/c1-4-10-16(11-5-1)19(17-12-6-2-7-13-17)18-14-8-3-9-15-18;1-6(9-10-6)2-3-8-5(11)4-7;1-5(6-7-5)3-4-10-11(2,8)9;5-1-3(7)9-4(8)2-6;1-4(7-8-4)2-3-6-9-5;1-4(2-3-5)6-7-4;1-4(2-3-7)5-6-4;1-4(6)2-3-5;;1-3-2;;1-3-2;1-2;/h1-15H;2-4H2,1H3,(H,8,11);3-4H2,1-2H3;1-2H2;2-3H2,1H3;2-3,5H2,1H3;7H,2-3H2,1H3;5H,2-3H2,1H3;1H4;;;;;1H2/q;;;;;;;;;-1;+1;;;. The van der Waals surface area contributed by atoms with E-state index < -0.39 is 30.0 Å². The van der Waals surface area contributed by atoms with Crippen LogP contribution in [-0.4, -0.2) is 130 Å². The van der Waals surface area contributed by atoms with E-state index >= 15 is 0 Å². The van der Waals surface area contributed by atoms with E-state index in [1.165, 1.54) is 27.7 Å². The van der Waals surface area contributed by atoms with Crippen molar-refractivity contribution >= 4 is 192 Å². The second-order valence-corrected chi connectivity index (χ2v) is 26.0. The summed E-state index contributed by atoms with van der Waals surface area (Å²) in [6.07, 6.45) is 4.96. The van der Waals surface area contributed by atoms with Gasteiger partial charge in [-0.3, -0.25) is 28.3 Å².